The van der Waals surface area contributed by atoms with Crippen molar-refractivity contribution >= 4 is 5.78 Å². The Labute approximate surface area is 83.8 Å². The second-order valence-corrected chi connectivity index (χ2v) is 4.29. The minimum absolute atomic E-state index is 0.0779. The van der Waals surface area contributed by atoms with Crippen molar-refractivity contribution in [3.63, 3.8) is 0 Å². The Morgan fingerprint density at radius 1 is 1.43 bits per heavy atom. The molecule has 1 N–H and O–H groups in total. The molecule has 1 aliphatic heterocycles. The van der Waals surface area contributed by atoms with Gasteiger partial charge in [0.2, 0.25) is 0 Å². The SMILES string of the molecule is C=C1CNC(C2CC(=O)CC2C#N)C1. The molecule has 2 fully saturated rings. The Hall–Kier alpha value is -1.14. The van der Waals surface area contributed by atoms with E-state index in [4.69, 9.17) is 5.26 Å². The summed E-state index contributed by atoms with van der Waals surface area (Å²) in [5.41, 5.74) is 1.19. The van der Waals surface area contributed by atoms with Crippen LogP contribution in [0.2, 0.25) is 0 Å². The Morgan fingerprint density at radius 2 is 2.21 bits per heavy atom. The number of nitrogens with one attached hydrogen (secondary N) is 1. The van der Waals surface area contributed by atoms with Gasteiger partial charge in [0, 0.05) is 25.4 Å². The number of rotatable bonds is 1. The molecular weight excluding hydrogens is 176 g/mol. The minimum atomic E-state index is -0.0779. The van der Waals surface area contributed by atoms with Crippen LogP contribution in [0.1, 0.15) is 19.3 Å². The smallest absolute Gasteiger partial charge is 0.134 e. The van der Waals surface area contributed by atoms with Crippen LogP contribution in [0.4, 0.5) is 0 Å². The molecule has 1 saturated heterocycles. The third-order valence-electron chi connectivity index (χ3n) is 3.23. The highest BCUT2D eigenvalue weighted by molar-refractivity contribution is 5.81. The molecule has 2 aliphatic rings. The number of carbonyl (C=O) groups is 1. The molecule has 0 amide bonds. The number of ketones is 1. The zero-order valence-electron chi connectivity index (χ0n) is 8.12. The molecule has 3 atom stereocenters. The van der Waals surface area contributed by atoms with Crippen LogP contribution in [0, 0.1) is 23.2 Å². The van der Waals surface area contributed by atoms with Gasteiger partial charge in [-0.05, 0) is 12.3 Å². The van der Waals surface area contributed by atoms with Crippen molar-refractivity contribution in [2.24, 2.45) is 11.8 Å². The van der Waals surface area contributed by atoms with Crippen LogP contribution in [-0.4, -0.2) is 18.4 Å². The van der Waals surface area contributed by atoms with Crippen LogP contribution < -0.4 is 5.32 Å². The van der Waals surface area contributed by atoms with Gasteiger partial charge in [0.05, 0.1) is 12.0 Å². The summed E-state index contributed by atoms with van der Waals surface area (Å²) < 4.78 is 0. The fourth-order valence-electron chi connectivity index (χ4n) is 2.48. The first-order chi connectivity index (χ1) is 6.70. The average molecular weight is 190 g/mol. The van der Waals surface area contributed by atoms with Gasteiger partial charge in [-0.3, -0.25) is 4.79 Å². The highest BCUT2D eigenvalue weighted by Gasteiger charge is 2.39. The summed E-state index contributed by atoms with van der Waals surface area (Å²) in [6, 6.07) is 2.55. The van der Waals surface area contributed by atoms with E-state index in [0.29, 0.717) is 18.9 Å². The first kappa shape index (κ1) is 9.42. The van der Waals surface area contributed by atoms with Gasteiger partial charge < -0.3 is 5.32 Å². The summed E-state index contributed by atoms with van der Waals surface area (Å²) in [5, 5.41) is 12.3. The number of Topliss-reactive ketones (excluding diaryl/α,β-unsaturated/α-hetero) is 1. The maximum Gasteiger partial charge on any atom is 0.134 e. The van der Waals surface area contributed by atoms with Crippen LogP contribution in [0.25, 0.3) is 0 Å². The number of nitriles is 1. The summed E-state index contributed by atoms with van der Waals surface area (Å²) in [4.78, 5) is 11.3. The zero-order chi connectivity index (χ0) is 10.1. The van der Waals surface area contributed by atoms with E-state index in [1.165, 1.54) is 5.57 Å². The Kier molecular flexibility index (Phi) is 2.39. The van der Waals surface area contributed by atoms with Crippen molar-refractivity contribution in [1.29, 1.82) is 5.26 Å². The van der Waals surface area contributed by atoms with E-state index < -0.39 is 0 Å². The van der Waals surface area contributed by atoms with E-state index in [9.17, 15) is 4.79 Å². The predicted molar refractivity (Wildman–Crippen MR) is 52.4 cm³/mol. The molecule has 0 spiro atoms. The Balaban J connectivity index is 2.07. The molecular formula is C11H14N2O. The lowest BCUT2D eigenvalue weighted by Crippen LogP contribution is -2.32. The first-order valence-corrected chi connectivity index (χ1v) is 5.02. The van der Waals surface area contributed by atoms with E-state index in [1.807, 2.05) is 0 Å². The largest absolute Gasteiger partial charge is 0.310 e. The maximum atomic E-state index is 11.3. The average Bonchev–Trinajstić information content (AvgIpc) is 2.71. The summed E-state index contributed by atoms with van der Waals surface area (Å²) >= 11 is 0. The first-order valence-electron chi connectivity index (χ1n) is 5.02. The summed E-state index contributed by atoms with van der Waals surface area (Å²) in [5.74, 6) is 0.374. The van der Waals surface area contributed by atoms with Gasteiger partial charge >= 0.3 is 0 Å². The van der Waals surface area contributed by atoms with Gasteiger partial charge in [-0.1, -0.05) is 12.2 Å². The minimum Gasteiger partial charge on any atom is -0.310 e. The van der Waals surface area contributed by atoms with E-state index in [-0.39, 0.29) is 17.6 Å². The molecule has 0 bridgehead atoms. The van der Waals surface area contributed by atoms with Gasteiger partial charge in [-0.25, -0.2) is 0 Å². The molecule has 74 valence electrons. The van der Waals surface area contributed by atoms with E-state index >= 15 is 0 Å². The van der Waals surface area contributed by atoms with E-state index in [1.54, 1.807) is 0 Å². The quantitative estimate of drug-likeness (QED) is 0.628. The highest BCUT2D eigenvalue weighted by Crippen LogP contribution is 2.34. The Morgan fingerprint density at radius 3 is 2.79 bits per heavy atom. The van der Waals surface area contributed by atoms with Crippen LogP contribution in [-0.2, 0) is 4.79 Å². The molecule has 3 nitrogen and oxygen atoms in total. The van der Waals surface area contributed by atoms with Gasteiger partial charge in [-0.2, -0.15) is 5.26 Å². The lowest BCUT2D eigenvalue weighted by molar-refractivity contribution is -0.117. The van der Waals surface area contributed by atoms with Crippen LogP contribution in [0.15, 0.2) is 12.2 Å². The topological polar surface area (TPSA) is 52.9 Å². The lowest BCUT2D eigenvalue weighted by atomic mass is 9.88. The number of hydrogen-bond acceptors (Lipinski definition) is 3. The van der Waals surface area contributed by atoms with Gasteiger partial charge in [0.15, 0.2) is 0 Å². The second kappa shape index (κ2) is 3.55. The molecule has 2 rings (SSSR count). The van der Waals surface area contributed by atoms with Crippen molar-refractivity contribution in [1.82, 2.24) is 5.32 Å². The van der Waals surface area contributed by atoms with E-state index in [0.717, 1.165) is 13.0 Å². The number of carbonyl (C=O) groups excluding carboxylic acids is 1. The molecule has 3 heteroatoms. The van der Waals surface area contributed by atoms with Crippen LogP contribution >= 0.6 is 0 Å². The molecule has 1 heterocycles. The molecule has 0 radical (unpaired) electrons. The van der Waals surface area contributed by atoms with Crippen molar-refractivity contribution in [3.05, 3.63) is 12.2 Å². The highest BCUT2D eigenvalue weighted by atomic mass is 16.1. The fraction of sp³-hybridized carbons (Fsp3) is 0.636. The summed E-state index contributed by atoms with van der Waals surface area (Å²) in [7, 11) is 0. The monoisotopic (exact) mass is 190 g/mol. The van der Waals surface area contributed by atoms with Crippen molar-refractivity contribution in [2.75, 3.05) is 6.54 Å². The number of hydrogen-bond donors (Lipinski definition) is 1. The zero-order valence-corrected chi connectivity index (χ0v) is 8.12. The Bertz CT molecular complexity index is 316. The standard InChI is InChI=1S/C11H14N2O/c1-7-2-11(13-6-7)10-4-9(14)3-8(10)5-12/h8,10-11,13H,1-4,6H2. The van der Waals surface area contributed by atoms with E-state index in [2.05, 4.69) is 18.0 Å². The lowest BCUT2D eigenvalue weighted by Gasteiger charge is -2.19. The molecule has 14 heavy (non-hydrogen) atoms. The molecule has 0 aromatic heterocycles. The maximum absolute atomic E-state index is 11.3. The molecule has 1 saturated carbocycles. The molecule has 1 aliphatic carbocycles. The molecule has 3 unspecified atom stereocenters. The van der Waals surface area contributed by atoms with Crippen molar-refractivity contribution in [3.8, 4) is 6.07 Å². The van der Waals surface area contributed by atoms with Crippen LogP contribution in [0.5, 0.6) is 0 Å². The molecule has 0 aromatic rings. The third kappa shape index (κ3) is 1.58. The van der Waals surface area contributed by atoms with Gasteiger partial charge in [-0.15, -0.1) is 0 Å². The van der Waals surface area contributed by atoms with Crippen molar-refractivity contribution in [2.45, 2.75) is 25.3 Å². The van der Waals surface area contributed by atoms with Crippen molar-refractivity contribution < 1.29 is 4.79 Å². The van der Waals surface area contributed by atoms with Crippen LogP contribution in [0.3, 0.4) is 0 Å². The summed E-state index contributed by atoms with van der Waals surface area (Å²) in [6.45, 7) is 4.76. The van der Waals surface area contributed by atoms with Gasteiger partial charge in [0.1, 0.15) is 5.78 Å². The fourth-order valence-corrected chi connectivity index (χ4v) is 2.48. The molecule has 0 aromatic carbocycles. The number of nitrogens with zero attached hydrogens (tertiary/aromatic N) is 1. The summed E-state index contributed by atoms with van der Waals surface area (Å²) in [6.07, 6.45) is 1.95. The second-order valence-electron chi connectivity index (χ2n) is 4.29. The third-order valence-corrected chi connectivity index (χ3v) is 3.23. The normalized spacial score (nSPS) is 37.5. The van der Waals surface area contributed by atoms with Gasteiger partial charge in [0.25, 0.3) is 0 Å². The predicted octanol–water partition coefficient (Wildman–Crippen LogP) is 1.02.